The highest BCUT2D eigenvalue weighted by atomic mass is 19.1. The Hall–Kier alpha value is -3.03. The van der Waals surface area contributed by atoms with Crippen molar-refractivity contribution in [2.45, 2.75) is 57.2 Å². The smallest absolute Gasteiger partial charge is 0.272 e. The van der Waals surface area contributed by atoms with Gasteiger partial charge in [0.15, 0.2) is 0 Å². The number of hydrogen-bond donors (Lipinski definition) is 1. The normalized spacial score (nSPS) is 20.8. The average molecular weight is 491 g/mol. The molecule has 1 N–H and O–H groups in total. The van der Waals surface area contributed by atoms with Gasteiger partial charge in [-0.3, -0.25) is 4.79 Å². The van der Waals surface area contributed by atoms with Gasteiger partial charge in [-0.1, -0.05) is 36.4 Å². The minimum Gasteiger partial charge on any atom is -0.390 e. The molecule has 2 fully saturated rings. The molecule has 1 unspecified atom stereocenters. The number of benzene rings is 2. The van der Waals surface area contributed by atoms with Crippen LogP contribution in [0.15, 0.2) is 61.1 Å². The Balaban J connectivity index is 1.27. The molecule has 7 heteroatoms. The summed E-state index contributed by atoms with van der Waals surface area (Å²) in [5.41, 5.74) is 3.06. The Morgan fingerprint density at radius 1 is 1.06 bits per heavy atom. The van der Waals surface area contributed by atoms with Crippen molar-refractivity contribution in [3.05, 3.63) is 78.1 Å². The second-order valence-electron chi connectivity index (χ2n) is 10.5. The van der Waals surface area contributed by atoms with Gasteiger partial charge in [-0.05, 0) is 67.9 Å². The van der Waals surface area contributed by atoms with Crippen LogP contribution in [0.2, 0.25) is 0 Å². The fourth-order valence-corrected chi connectivity index (χ4v) is 5.56. The predicted molar refractivity (Wildman–Crippen MR) is 138 cm³/mol. The molecule has 0 aliphatic carbocycles. The van der Waals surface area contributed by atoms with Gasteiger partial charge in [0.1, 0.15) is 11.5 Å². The van der Waals surface area contributed by atoms with Crippen molar-refractivity contribution < 1.29 is 14.3 Å². The quantitative estimate of drug-likeness (QED) is 0.569. The Kier molecular flexibility index (Phi) is 7.21. The first-order valence-corrected chi connectivity index (χ1v) is 13.0. The summed E-state index contributed by atoms with van der Waals surface area (Å²) in [6.45, 7) is 5.77. The van der Waals surface area contributed by atoms with Crippen LogP contribution in [0, 0.1) is 5.82 Å². The maximum absolute atomic E-state index is 13.6. The summed E-state index contributed by atoms with van der Waals surface area (Å²) in [7, 11) is 0. The molecule has 1 atom stereocenters. The number of amides is 1. The molecule has 2 aromatic carbocycles. The molecule has 36 heavy (non-hydrogen) atoms. The third-order valence-electron chi connectivity index (χ3n) is 7.82. The summed E-state index contributed by atoms with van der Waals surface area (Å²) < 4.78 is 15.4. The van der Waals surface area contributed by atoms with E-state index in [1.165, 1.54) is 12.1 Å². The van der Waals surface area contributed by atoms with E-state index in [1.807, 2.05) is 40.7 Å². The topological polar surface area (TPSA) is 61.6 Å². The maximum Gasteiger partial charge on any atom is 0.272 e. The van der Waals surface area contributed by atoms with Crippen LogP contribution in [0.25, 0.3) is 11.1 Å². The van der Waals surface area contributed by atoms with Gasteiger partial charge in [0, 0.05) is 38.8 Å². The average Bonchev–Trinajstić information content (AvgIpc) is 3.19. The fraction of sp³-hybridized carbons (Fsp3) is 0.448. The summed E-state index contributed by atoms with van der Waals surface area (Å²) in [6.07, 6.45) is 8.01. The van der Waals surface area contributed by atoms with Crippen molar-refractivity contribution in [2.75, 3.05) is 26.2 Å². The molecule has 2 aliphatic heterocycles. The van der Waals surface area contributed by atoms with Crippen LogP contribution in [-0.2, 0) is 6.54 Å². The zero-order valence-corrected chi connectivity index (χ0v) is 20.9. The first-order chi connectivity index (χ1) is 17.4. The van der Waals surface area contributed by atoms with Crippen LogP contribution >= 0.6 is 0 Å². The second kappa shape index (κ2) is 10.5. The molecule has 6 nitrogen and oxygen atoms in total. The van der Waals surface area contributed by atoms with E-state index in [0.29, 0.717) is 18.3 Å². The first-order valence-electron chi connectivity index (χ1n) is 13.0. The second-order valence-corrected chi connectivity index (χ2v) is 10.5. The molecule has 0 radical (unpaired) electrons. The van der Waals surface area contributed by atoms with E-state index < -0.39 is 5.60 Å². The van der Waals surface area contributed by atoms with Crippen LogP contribution < -0.4 is 0 Å². The first kappa shape index (κ1) is 24.7. The van der Waals surface area contributed by atoms with E-state index in [4.69, 9.17) is 0 Å². The van der Waals surface area contributed by atoms with Crippen molar-refractivity contribution in [2.24, 2.45) is 0 Å². The highest BCUT2D eigenvalue weighted by Crippen LogP contribution is 2.28. The van der Waals surface area contributed by atoms with Crippen LogP contribution in [0.4, 0.5) is 4.39 Å². The molecule has 0 bridgehead atoms. The molecular weight excluding hydrogens is 455 g/mol. The zero-order chi connectivity index (χ0) is 25.1. The van der Waals surface area contributed by atoms with Gasteiger partial charge in [-0.15, -0.1) is 0 Å². The van der Waals surface area contributed by atoms with Crippen molar-refractivity contribution in [1.82, 2.24) is 19.4 Å². The number of hydrogen-bond acceptors (Lipinski definition) is 4. The number of likely N-dealkylation sites (tertiary alicyclic amines) is 2. The largest absolute Gasteiger partial charge is 0.390 e. The lowest BCUT2D eigenvalue weighted by molar-refractivity contribution is -0.0180. The van der Waals surface area contributed by atoms with E-state index in [-0.39, 0.29) is 11.7 Å². The lowest BCUT2D eigenvalue weighted by Crippen LogP contribution is -2.47. The van der Waals surface area contributed by atoms with Crippen molar-refractivity contribution in [3.8, 4) is 11.1 Å². The van der Waals surface area contributed by atoms with E-state index in [2.05, 4.69) is 9.88 Å². The number of imidazole rings is 1. The maximum atomic E-state index is 13.6. The van der Waals surface area contributed by atoms with Gasteiger partial charge in [0.25, 0.3) is 5.91 Å². The van der Waals surface area contributed by atoms with Crippen molar-refractivity contribution in [3.63, 3.8) is 0 Å². The summed E-state index contributed by atoms with van der Waals surface area (Å²) in [6, 6.07) is 15.0. The minimum absolute atomic E-state index is 0.0222. The van der Waals surface area contributed by atoms with Crippen LogP contribution in [-0.4, -0.2) is 68.2 Å². The van der Waals surface area contributed by atoms with Gasteiger partial charge >= 0.3 is 0 Å². The number of rotatable bonds is 5. The fourth-order valence-electron chi connectivity index (χ4n) is 5.56. The standard InChI is InChI=1S/C29H35FN4O2/c1-29(36)13-17-32(18-14-29)25-6-4-15-33(16-12-25)28(35)27-19-31-21-34(27)20-23-5-2-3-7-26(23)22-8-10-24(30)11-9-22/h2-3,5,7-11,19,21,25,36H,4,6,12-18,20H2,1H3. The Labute approximate surface area is 212 Å². The third kappa shape index (κ3) is 5.52. The molecule has 0 saturated carbocycles. The summed E-state index contributed by atoms with van der Waals surface area (Å²) in [5, 5.41) is 10.3. The monoisotopic (exact) mass is 490 g/mol. The highest BCUT2D eigenvalue weighted by Gasteiger charge is 2.32. The van der Waals surface area contributed by atoms with E-state index in [1.54, 1.807) is 24.7 Å². The number of carbonyl (C=O) groups is 1. The van der Waals surface area contributed by atoms with Crippen molar-refractivity contribution >= 4 is 5.91 Å². The van der Waals surface area contributed by atoms with Crippen LogP contribution in [0.5, 0.6) is 0 Å². The van der Waals surface area contributed by atoms with Crippen LogP contribution in [0.1, 0.15) is 55.1 Å². The molecule has 5 rings (SSSR count). The molecule has 2 aliphatic rings. The highest BCUT2D eigenvalue weighted by molar-refractivity contribution is 5.92. The molecule has 0 spiro atoms. The molecule has 1 aromatic heterocycles. The lowest BCUT2D eigenvalue weighted by Gasteiger charge is -2.40. The Morgan fingerprint density at radius 2 is 1.81 bits per heavy atom. The summed E-state index contributed by atoms with van der Waals surface area (Å²) in [4.78, 5) is 22.3. The van der Waals surface area contributed by atoms with Gasteiger partial charge in [0.2, 0.25) is 0 Å². The summed E-state index contributed by atoms with van der Waals surface area (Å²) in [5.74, 6) is -0.237. The van der Waals surface area contributed by atoms with E-state index in [0.717, 1.165) is 75.0 Å². The number of piperidine rings is 1. The number of aromatic nitrogens is 2. The predicted octanol–water partition coefficient (Wildman–Crippen LogP) is 4.58. The molecule has 3 aromatic rings. The lowest BCUT2D eigenvalue weighted by atomic mass is 9.92. The van der Waals surface area contributed by atoms with Crippen molar-refractivity contribution in [1.29, 1.82) is 0 Å². The minimum atomic E-state index is -0.545. The molecule has 3 heterocycles. The van der Waals surface area contributed by atoms with Gasteiger partial charge in [0.05, 0.1) is 18.1 Å². The molecular formula is C29H35FN4O2. The molecule has 2 saturated heterocycles. The molecule has 1 amide bonds. The van der Waals surface area contributed by atoms with Gasteiger partial charge < -0.3 is 19.5 Å². The Bertz CT molecular complexity index is 1180. The molecule has 190 valence electrons. The summed E-state index contributed by atoms with van der Waals surface area (Å²) >= 11 is 0. The SMILES string of the molecule is CC1(O)CCN(C2CCCN(C(=O)c3cncn3Cc3ccccc3-c3ccc(F)cc3)CC2)CC1. The third-order valence-corrected chi connectivity index (χ3v) is 7.82. The number of aliphatic hydroxyl groups is 1. The zero-order valence-electron chi connectivity index (χ0n) is 20.9. The Morgan fingerprint density at radius 3 is 2.58 bits per heavy atom. The number of halogens is 1. The number of carbonyl (C=O) groups excluding carboxylic acids is 1. The van der Waals surface area contributed by atoms with E-state index in [9.17, 15) is 14.3 Å². The van der Waals surface area contributed by atoms with Gasteiger partial charge in [-0.25, -0.2) is 9.37 Å². The van der Waals surface area contributed by atoms with E-state index >= 15 is 0 Å². The van der Waals surface area contributed by atoms with Crippen LogP contribution in [0.3, 0.4) is 0 Å². The number of nitrogens with zero attached hydrogens (tertiary/aromatic N) is 4. The van der Waals surface area contributed by atoms with Gasteiger partial charge in [-0.2, -0.15) is 0 Å².